The highest BCUT2D eigenvalue weighted by Gasteiger charge is 2.37. The summed E-state index contributed by atoms with van der Waals surface area (Å²) in [6, 6.07) is 2.23. The Labute approximate surface area is 114 Å². The fraction of sp³-hybridized carbons (Fsp3) is 0.400. The standard InChI is InChI=1S/C10H9BrClF4NO/c11-6-1-2-7(17-4-5(18)3-12)9(13)8(6)10(14,15)16/h1-2,5,17-18H,3-4H2. The predicted molar refractivity (Wildman–Crippen MR) is 64.3 cm³/mol. The van der Waals surface area contributed by atoms with Gasteiger partial charge in [-0.05, 0) is 12.1 Å². The Morgan fingerprint density at radius 3 is 2.50 bits per heavy atom. The first-order valence-electron chi connectivity index (χ1n) is 4.80. The molecule has 0 amide bonds. The van der Waals surface area contributed by atoms with Crippen LogP contribution in [0, 0.1) is 5.82 Å². The molecule has 0 saturated carbocycles. The van der Waals surface area contributed by atoms with Crippen LogP contribution in [0.2, 0.25) is 0 Å². The third-order valence-corrected chi connectivity index (χ3v) is 3.10. The third-order valence-electron chi connectivity index (χ3n) is 2.08. The van der Waals surface area contributed by atoms with E-state index in [1.54, 1.807) is 0 Å². The van der Waals surface area contributed by atoms with Gasteiger partial charge in [-0.2, -0.15) is 13.2 Å². The van der Waals surface area contributed by atoms with Gasteiger partial charge in [0.25, 0.3) is 0 Å². The molecule has 2 N–H and O–H groups in total. The molecule has 0 heterocycles. The summed E-state index contributed by atoms with van der Waals surface area (Å²) in [7, 11) is 0. The van der Waals surface area contributed by atoms with E-state index < -0.39 is 23.7 Å². The number of rotatable bonds is 4. The second-order valence-corrected chi connectivity index (χ2v) is 4.63. The lowest BCUT2D eigenvalue weighted by Gasteiger charge is -2.15. The minimum Gasteiger partial charge on any atom is -0.390 e. The molecule has 1 aromatic carbocycles. The molecule has 0 aliphatic rings. The zero-order valence-corrected chi connectivity index (χ0v) is 11.2. The van der Waals surface area contributed by atoms with Gasteiger partial charge < -0.3 is 10.4 Å². The van der Waals surface area contributed by atoms with Crippen molar-refractivity contribution in [3.8, 4) is 0 Å². The van der Waals surface area contributed by atoms with E-state index in [-0.39, 0.29) is 22.6 Å². The van der Waals surface area contributed by atoms with E-state index in [0.29, 0.717) is 0 Å². The Morgan fingerprint density at radius 2 is 2.00 bits per heavy atom. The van der Waals surface area contributed by atoms with Gasteiger partial charge in [-0.15, -0.1) is 11.6 Å². The highest BCUT2D eigenvalue weighted by molar-refractivity contribution is 9.10. The Hall–Kier alpha value is -0.530. The molecule has 1 atom stereocenters. The van der Waals surface area contributed by atoms with Gasteiger partial charge in [-0.3, -0.25) is 0 Å². The molecule has 0 aliphatic carbocycles. The van der Waals surface area contributed by atoms with Crippen molar-refractivity contribution < 1.29 is 22.7 Å². The normalized spacial score (nSPS) is 13.5. The number of alkyl halides is 4. The van der Waals surface area contributed by atoms with Crippen molar-refractivity contribution in [1.29, 1.82) is 0 Å². The van der Waals surface area contributed by atoms with Gasteiger partial charge in [0.2, 0.25) is 0 Å². The maximum Gasteiger partial charge on any atom is 0.420 e. The van der Waals surface area contributed by atoms with Crippen molar-refractivity contribution >= 4 is 33.2 Å². The first kappa shape index (κ1) is 15.5. The highest BCUT2D eigenvalue weighted by atomic mass is 79.9. The van der Waals surface area contributed by atoms with Crippen molar-refractivity contribution in [2.75, 3.05) is 17.7 Å². The molecule has 1 aromatic rings. The van der Waals surface area contributed by atoms with Gasteiger partial charge in [0.1, 0.15) is 5.56 Å². The van der Waals surface area contributed by atoms with Crippen LogP contribution < -0.4 is 5.32 Å². The van der Waals surface area contributed by atoms with Gasteiger partial charge in [-0.1, -0.05) is 15.9 Å². The number of aliphatic hydroxyl groups is 1. The van der Waals surface area contributed by atoms with E-state index in [0.717, 1.165) is 12.1 Å². The minimum atomic E-state index is -4.80. The first-order valence-corrected chi connectivity index (χ1v) is 6.13. The lowest BCUT2D eigenvalue weighted by atomic mass is 10.1. The molecule has 0 aliphatic heterocycles. The van der Waals surface area contributed by atoms with Crippen molar-refractivity contribution in [2.45, 2.75) is 12.3 Å². The number of hydrogen-bond donors (Lipinski definition) is 2. The first-order chi connectivity index (χ1) is 8.27. The summed E-state index contributed by atoms with van der Waals surface area (Å²) < 4.78 is 51.0. The van der Waals surface area contributed by atoms with Gasteiger partial charge >= 0.3 is 6.18 Å². The number of halogens is 6. The second kappa shape index (κ2) is 6.08. The number of nitrogens with one attached hydrogen (secondary N) is 1. The van der Waals surface area contributed by atoms with E-state index in [1.165, 1.54) is 0 Å². The summed E-state index contributed by atoms with van der Waals surface area (Å²) >= 11 is 7.97. The number of hydrogen-bond acceptors (Lipinski definition) is 2. The number of benzene rings is 1. The largest absolute Gasteiger partial charge is 0.420 e. The second-order valence-electron chi connectivity index (χ2n) is 3.47. The monoisotopic (exact) mass is 349 g/mol. The quantitative estimate of drug-likeness (QED) is 0.642. The molecular formula is C10H9BrClF4NO. The van der Waals surface area contributed by atoms with E-state index in [2.05, 4.69) is 21.2 Å². The fourth-order valence-corrected chi connectivity index (χ4v) is 1.87. The van der Waals surface area contributed by atoms with Crippen LogP contribution in [0.5, 0.6) is 0 Å². The summed E-state index contributed by atoms with van der Waals surface area (Å²) in [4.78, 5) is 0. The van der Waals surface area contributed by atoms with Crippen molar-refractivity contribution in [3.63, 3.8) is 0 Å². The molecule has 0 aromatic heterocycles. The molecule has 1 unspecified atom stereocenters. The van der Waals surface area contributed by atoms with Crippen LogP contribution in [0.4, 0.5) is 23.2 Å². The summed E-state index contributed by atoms with van der Waals surface area (Å²) in [5, 5.41) is 11.5. The molecular weight excluding hydrogens is 341 g/mol. The van der Waals surface area contributed by atoms with E-state index in [4.69, 9.17) is 16.7 Å². The van der Waals surface area contributed by atoms with Gasteiger partial charge in [0.15, 0.2) is 5.82 Å². The molecule has 0 radical (unpaired) electrons. The van der Waals surface area contributed by atoms with Crippen LogP contribution >= 0.6 is 27.5 Å². The minimum absolute atomic E-state index is 0.0999. The SMILES string of the molecule is OC(CCl)CNc1ccc(Br)c(C(F)(F)F)c1F. The molecule has 1 rings (SSSR count). The lowest BCUT2D eigenvalue weighted by Crippen LogP contribution is -2.22. The zero-order valence-electron chi connectivity index (χ0n) is 8.86. The van der Waals surface area contributed by atoms with Crippen LogP contribution in [0.1, 0.15) is 5.56 Å². The van der Waals surface area contributed by atoms with Crippen LogP contribution in [0.15, 0.2) is 16.6 Å². The van der Waals surface area contributed by atoms with Gasteiger partial charge in [0.05, 0.1) is 17.7 Å². The average molecular weight is 351 g/mol. The van der Waals surface area contributed by atoms with E-state index >= 15 is 0 Å². The zero-order chi connectivity index (χ0) is 13.9. The van der Waals surface area contributed by atoms with Gasteiger partial charge in [0, 0.05) is 11.0 Å². The highest BCUT2D eigenvalue weighted by Crippen LogP contribution is 2.39. The molecule has 2 nitrogen and oxygen atoms in total. The van der Waals surface area contributed by atoms with Gasteiger partial charge in [-0.25, -0.2) is 4.39 Å². The van der Waals surface area contributed by atoms with E-state index in [1.807, 2.05) is 0 Å². The van der Waals surface area contributed by atoms with Crippen molar-refractivity contribution in [1.82, 2.24) is 0 Å². The fourth-order valence-electron chi connectivity index (χ4n) is 1.23. The Balaban J connectivity index is 3.02. The maximum absolute atomic E-state index is 13.7. The average Bonchev–Trinajstić information content (AvgIpc) is 2.25. The molecule has 0 fully saturated rings. The molecule has 102 valence electrons. The predicted octanol–water partition coefficient (Wildman–Crippen LogP) is 3.62. The molecule has 8 heteroatoms. The number of aliphatic hydroxyl groups excluding tert-OH is 1. The van der Waals surface area contributed by atoms with Crippen molar-refractivity contribution in [2.24, 2.45) is 0 Å². The molecule has 18 heavy (non-hydrogen) atoms. The molecule has 0 spiro atoms. The Kier molecular flexibility index (Phi) is 5.24. The summed E-state index contributed by atoms with van der Waals surface area (Å²) in [5.74, 6) is -1.52. The maximum atomic E-state index is 13.7. The lowest BCUT2D eigenvalue weighted by molar-refractivity contribution is -0.140. The molecule has 0 saturated heterocycles. The van der Waals surface area contributed by atoms with Crippen LogP contribution in [0.3, 0.4) is 0 Å². The summed E-state index contributed by atoms with van der Waals surface area (Å²) in [6.45, 7) is -0.140. The van der Waals surface area contributed by atoms with Crippen LogP contribution in [-0.2, 0) is 6.18 Å². The summed E-state index contributed by atoms with van der Waals surface area (Å²) in [6.07, 6.45) is -5.77. The summed E-state index contributed by atoms with van der Waals surface area (Å²) in [5.41, 5.74) is -1.72. The van der Waals surface area contributed by atoms with Crippen LogP contribution in [0.25, 0.3) is 0 Å². The molecule has 0 bridgehead atoms. The Morgan fingerprint density at radius 1 is 1.39 bits per heavy atom. The third kappa shape index (κ3) is 3.73. The smallest absolute Gasteiger partial charge is 0.390 e. The van der Waals surface area contributed by atoms with Crippen molar-refractivity contribution in [3.05, 3.63) is 28.0 Å². The Bertz CT molecular complexity index is 427. The topological polar surface area (TPSA) is 32.3 Å². The number of anilines is 1. The van der Waals surface area contributed by atoms with Crippen LogP contribution in [-0.4, -0.2) is 23.6 Å². The van der Waals surface area contributed by atoms with E-state index in [9.17, 15) is 17.6 Å².